The number of phenolic OH excluding ortho intramolecular Hbond substituents is 1. The molecule has 43 heavy (non-hydrogen) atoms. The van der Waals surface area contributed by atoms with Crippen molar-refractivity contribution in [1.82, 2.24) is 9.80 Å². The first-order valence-corrected chi connectivity index (χ1v) is 14.6. The van der Waals surface area contributed by atoms with Crippen LogP contribution < -0.4 is 10.6 Å². The normalized spacial score (nSPS) is 29.1. The average Bonchev–Trinajstić information content (AvgIpc) is 3.35. The maximum absolute atomic E-state index is 14.1. The van der Waals surface area contributed by atoms with E-state index >= 15 is 0 Å². The molecule has 1 heterocycles. The first-order chi connectivity index (χ1) is 20.1. The number of aliphatic hydroxyl groups excluding tert-OH is 2. The Hall–Kier alpha value is -3.74. The van der Waals surface area contributed by atoms with Crippen LogP contribution in [0, 0.1) is 11.8 Å². The van der Waals surface area contributed by atoms with Crippen LogP contribution in [0.2, 0.25) is 0 Å². The van der Waals surface area contributed by atoms with Crippen LogP contribution in [0.4, 0.5) is 5.69 Å². The lowest BCUT2D eigenvalue weighted by Gasteiger charge is -2.50. The molecule has 1 aliphatic heterocycles. The maximum Gasteiger partial charge on any atom is 0.255 e. The number of carbonyl (C=O) groups excluding carboxylic acids is 4. The molecule has 1 saturated heterocycles. The summed E-state index contributed by atoms with van der Waals surface area (Å²) >= 11 is 0. The Morgan fingerprint density at radius 1 is 1.14 bits per heavy atom. The third-order valence-corrected chi connectivity index (χ3v) is 9.79. The van der Waals surface area contributed by atoms with E-state index in [1.165, 1.54) is 4.90 Å². The minimum absolute atomic E-state index is 0.0184. The molecule has 12 nitrogen and oxygen atoms in total. The number of aromatic hydroxyl groups is 1. The number of amides is 1. The number of rotatable bonds is 7. The summed E-state index contributed by atoms with van der Waals surface area (Å²) in [6.07, 6.45) is 2.34. The number of fused-ring (bicyclic) bond motifs is 3. The third-order valence-electron chi connectivity index (χ3n) is 9.79. The second kappa shape index (κ2) is 10.8. The summed E-state index contributed by atoms with van der Waals surface area (Å²) in [5.74, 6) is -6.78. The van der Waals surface area contributed by atoms with E-state index in [0.717, 1.165) is 19.4 Å². The van der Waals surface area contributed by atoms with Crippen LogP contribution in [0.3, 0.4) is 0 Å². The van der Waals surface area contributed by atoms with Crippen LogP contribution >= 0.6 is 0 Å². The fourth-order valence-corrected chi connectivity index (χ4v) is 7.68. The highest BCUT2D eigenvalue weighted by Gasteiger charge is 2.64. The lowest BCUT2D eigenvalue weighted by atomic mass is 9.57. The van der Waals surface area contributed by atoms with Crippen molar-refractivity contribution in [3.05, 3.63) is 39.7 Å². The number of hydrogen-bond acceptors (Lipinski definition) is 11. The molecule has 0 spiro atoms. The molecule has 2 fully saturated rings. The van der Waals surface area contributed by atoms with Crippen molar-refractivity contribution >= 4 is 34.7 Å². The number of Topliss-reactive ketones (excluding diaryl/α,β-unsaturated/α-hetero) is 3. The number of anilines is 1. The van der Waals surface area contributed by atoms with Crippen molar-refractivity contribution in [2.75, 3.05) is 46.7 Å². The molecule has 1 aromatic rings. The van der Waals surface area contributed by atoms with Gasteiger partial charge in [-0.15, -0.1) is 0 Å². The Balaban J connectivity index is 1.62. The van der Waals surface area contributed by atoms with Crippen molar-refractivity contribution in [1.29, 1.82) is 0 Å². The molecule has 232 valence electrons. The monoisotopic (exact) mass is 596 g/mol. The molecule has 4 aliphatic rings. The van der Waals surface area contributed by atoms with E-state index in [-0.39, 0.29) is 54.4 Å². The number of ketones is 3. The van der Waals surface area contributed by atoms with Crippen molar-refractivity contribution in [3.63, 3.8) is 0 Å². The largest absolute Gasteiger partial charge is 0.508 e. The van der Waals surface area contributed by atoms with E-state index in [0.29, 0.717) is 16.8 Å². The highest BCUT2D eigenvalue weighted by Crippen LogP contribution is 2.54. The lowest BCUT2D eigenvalue weighted by Crippen LogP contribution is -2.65. The smallest absolute Gasteiger partial charge is 0.255 e. The van der Waals surface area contributed by atoms with Crippen molar-refractivity contribution in [2.24, 2.45) is 17.6 Å². The number of aryl methyl sites for hydroxylation is 1. The molecule has 12 heteroatoms. The molecular formula is C31H40N4O8. The number of likely N-dealkylation sites (tertiary alicyclic amines) is 1. The maximum atomic E-state index is 14.1. The van der Waals surface area contributed by atoms with E-state index < -0.39 is 58.0 Å². The highest BCUT2D eigenvalue weighted by molar-refractivity contribution is 6.24. The standard InChI is InChI=1S/C31H40N4O8/c1-33(2)19-13-14(8-9-20(36)18-7-6-10-35(18)5)25(37)22-16(19)11-15-12-17-24(34(3)4)27(39)23(30(32)42)29(41)31(17,43)28(40)21(15)26(22)38/h13,15,17-18,24,37-38,41,43H,6-12H2,1-5H3,(H2,32,42)/t15-,17-,18-,24+,31-/m0/s1. The fraction of sp³-hybridized carbons (Fsp3) is 0.548. The average molecular weight is 597 g/mol. The summed E-state index contributed by atoms with van der Waals surface area (Å²) in [7, 11) is 8.66. The molecule has 1 saturated carbocycles. The van der Waals surface area contributed by atoms with Gasteiger partial charge in [-0.2, -0.15) is 0 Å². The number of aliphatic hydroxyl groups is 3. The van der Waals surface area contributed by atoms with E-state index in [1.54, 1.807) is 20.2 Å². The van der Waals surface area contributed by atoms with E-state index in [1.807, 2.05) is 30.9 Å². The van der Waals surface area contributed by atoms with Crippen LogP contribution in [-0.2, 0) is 32.0 Å². The first kappa shape index (κ1) is 30.7. The Morgan fingerprint density at radius 2 is 1.81 bits per heavy atom. The molecule has 6 N–H and O–H groups in total. The predicted molar refractivity (Wildman–Crippen MR) is 158 cm³/mol. The van der Waals surface area contributed by atoms with Gasteiger partial charge in [-0.25, -0.2) is 0 Å². The minimum Gasteiger partial charge on any atom is -0.508 e. The van der Waals surface area contributed by atoms with Crippen LogP contribution in [0.25, 0.3) is 5.76 Å². The van der Waals surface area contributed by atoms with Gasteiger partial charge in [0.15, 0.2) is 11.4 Å². The molecule has 0 unspecified atom stereocenters. The fourth-order valence-electron chi connectivity index (χ4n) is 7.68. The zero-order valence-electron chi connectivity index (χ0n) is 25.2. The second-order valence-corrected chi connectivity index (χ2v) is 12.7. The van der Waals surface area contributed by atoms with Crippen LogP contribution in [0.5, 0.6) is 5.75 Å². The van der Waals surface area contributed by atoms with Gasteiger partial charge < -0.3 is 31.1 Å². The number of benzene rings is 1. The molecule has 0 aromatic heterocycles. The zero-order valence-corrected chi connectivity index (χ0v) is 25.2. The van der Waals surface area contributed by atoms with Crippen molar-refractivity contribution in [2.45, 2.75) is 56.2 Å². The van der Waals surface area contributed by atoms with Gasteiger partial charge in [-0.05, 0) is 82.9 Å². The summed E-state index contributed by atoms with van der Waals surface area (Å²) in [5, 5.41) is 45.9. The second-order valence-electron chi connectivity index (χ2n) is 12.7. The molecule has 5 atom stereocenters. The quantitative estimate of drug-likeness (QED) is 0.278. The van der Waals surface area contributed by atoms with Gasteiger partial charge in [0, 0.05) is 37.7 Å². The Bertz CT molecular complexity index is 1490. The molecule has 3 aliphatic carbocycles. The molecule has 0 bridgehead atoms. The van der Waals surface area contributed by atoms with E-state index in [9.17, 15) is 39.6 Å². The van der Waals surface area contributed by atoms with Gasteiger partial charge in [-0.1, -0.05) is 0 Å². The van der Waals surface area contributed by atoms with Gasteiger partial charge in [0.05, 0.1) is 17.6 Å². The van der Waals surface area contributed by atoms with Crippen LogP contribution in [-0.4, -0.2) is 113 Å². The molecule has 0 radical (unpaired) electrons. The topological polar surface area (TPSA) is 185 Å². The van der Waals surface area contributed by atoms with Gasteiger partial charge in [0.2, 0.25) is 5.78 Å². The van der Waals surface area contributed by atoms with Crippen LogP contribution in [0.15, 0.2) is 23.0 Å². The summed E-state index contributed by atoms with van der Waals surface area (Å²) in [6, 6.07) is 0.481. The van der Waals surface area contributed by atoms with E-state index in [4.69, 9.17) is 5.73 Å². The van der Waals surface area contributed by atoms with Crippen molar-refractivity contribution < 1.29 is 39.6 Å². The first-order valence-electron chi connectivity index (χ1n) is 14.6. The van der Waals surface area contributed by atoms with Crippen molar-refractivity contribution in [3.8, 4) is 5.75 Å². The SMILES string of the molecule is CN(C)c1cc(CCC(=O)[C@@H]2CCCN2C)c(O)c2c1C[C@H]1C[C@H]3[C@@H](N(C)C)C(=O)C(C(N)=O)=C(O)[C@@]3(O)C(=O)C1=C2O. The number of likely N-dealkylation sites (N-methyl/N-ethyl adjacent to an activating group) is 2. The number of primary amides is 1. The molecule has 5 rings (SSSR count). The number of nitrogens with two attached hydrogens (primary N) is 1. The summed E-state index contributed by atoms with van der Waals surface area (Å²) in [5.41, 5.74) is 3.38. The number of nitrogens with zero attached hydrogens (tertiary/aromatic N) is 3. The van der Waals surface area contributed by atoms with Gasteiger partial charge >= 0.3 is 0 Å². The number of hydrogen-bond donors (Lipinski definition) is 5. The summed E-state index contributed by atoms with van der Waals surface area (Å²) < 4.78 is 0. The highest BCUT2D eigenvalue weighted by atomic mass is 16.3. The minimum atomic E-state index is -2.69. The Kier molecular flexibility index (Phi) is 7.68. The van der Waals surface area contributed by atoms with Gasteiger partial charge in [0.1, 0.15) is 28.6 Å². The molecular weight excluding hydrogens is 556 g/mol. The third kappa shape index (κ3) is 4.54. The Morgan fingerprint density at radius 3 is 2.37 bits per heavy atom. The molecule has 1 aromatic carbocycles. The number of carbonyl (C=O) groups is 4. The molecule has 1 amide bonds. The predicted octanol–water partition coefficient (Wildman–Crippen LogP) is 0.626. The lowest BCUT2D eigenvalue weighted by molar-refractivity contribution is -0.153. The summed E-state index contributed by atoms with van der Waals surface area (Å²) in [4.78, 5) is 57.9. The van der Waals surface area contributed by atoms with Gasteiger partial charge in [-0.3, -0.25) is 29.0 Å². The summed E-state index contributed by atoms with van der Waals surface area (Å²) in [6.45, 7) is 0.851. The zero-order chi connectivity index (χ0) is 31.7. The van der Waals surface area contributed by atoms with Gasteiger partial charge in [0.25, 0.3) is 5.91 Å². The van der Waals surface area contributed by atoms with E-state index in [2.05, 4.69) is 0 Å². The number of phenols is 1. The Labute approximate surface area is 250 Å². The van der Waals surface area contributed by atoms with Crippen LogP contribution in [0.1, 0.15) is 42.4 Å².